The van der Waals surface area contributed by atoms with Crippen molar-refractivity contribution in [2.75, 3.05) is 18.1 Å². The molecule has 2 aliphatic rings. The first-order chi connectivity index (χ1) is 30.7. The van der Waals surface area contributed by atoms with Crippen LogP contribution in [-0.2, 0) is 65.2 Å². The van der Waals surface area contributed by atoms with E-state index in [1.807, 2.05) is 0 Å². The van der Waals surface area contributed by atoms with Gasteiger partial charge in [0, 0.05) is 36.6 Å². The molecule has 1 heterocycles. The minimum Gasteiger partial charge on any atom is -0.508 e. The number of hydrogen-bond donors (Lipinski definition) is 11. The quantitative estimate of drug-likeness (QED) is 0.113. The molecule has 1 saturated heterocycles. The molecule has 1 spiro atoms. The number of hydrogen-bond acceptors (Lipinski definition) is 12. The monoisotopic (exact) mass is 933 g/mol. The van der Waals surface area contributed by atoms with Crippen molar-refractivity contribution in [3.63, 3.8) is 0 Å². The van der Waals surface area contributed by atoms with Gasteiger partial charge in [0.15, 0.2) is 0 Å². The van der Waals surface area contributed by atoms with Crippen LogP contribution in [0.3, 0.4) is 0 Å². The molecule has 1 aliphatic carbocycles. The van der Waals surface area contributed by atoms with Crippen molar-refractivity contribution in [1.82, 2.24) is 37.2 Å². The van der Waals surface area contributed by atoms with E-state index < -0.39 is 124 Å². The van der Waals surface area contributed by atoms with E-state index in [9.17, 15) is 62.4 Å². The Kier molecular flexibility index (Phi) is 21.3. The predicted octanol–water partition coefficient (Wildman–Crippen LogP) is -2.11. The second-order valence-corrected chi connectivity index (χ2v) is 18.4. The maximum Gasteiger partial charge on any atom is 0.303 e. The summed E-state index contributed by atoms with van der Waals surface area (Å²) in [5, 5.41) is 37.3. The number of phenols is 1. The number of carbonyl (C=O) groups excluding carboxylic acids is 9. The zero-order chi connectivity index (χ0) is 48.3. The van der Waals surface area contributed by atoms with Gasteiger partial charge in [0.25, 0.3) is 0 Å². The lowest BCUT2D eigenvalue weighted by atomic mass is 9.80. The number of aliphatic carboxylic acids is 1. The molecule has 6 atom stereocenters. The van der Waals surface area contributed by atoms with Gasteiger partial charge >= 0.3 is 5.97 Å². The highest BCUT2D eigenvalue weighted by Gasteiger charge is 2.44. The average Bonchev–Trinajstić information content (AvgIpc) is 3.22. The highest BCUT2D eigenvalue weighted by Crippen LogP contribution is 2.29. The summed E-state index contributed by atoms with van der Waals surface area (Å²) in [6, 6.07) is -1.28. The highest BCUT2D eigenvalue weighted by atomic mass is 32.2. The summed E-state index contributed by atoms with van der Waals surface area (Å²) >= 11 is 0. The molecule has 22 nitrogen and oxygen atoms in total. The number of carboxylic acid groups (broad SMARTS) is 1. The van der Waals surface area contributed by atoms with Crippen molar-refractivity contribution in [3.8, 4) is 5.75 Å². The lowest BCUT2D eigenvalue weighted by molar-refractivity contribution is -0.139. The summed E-state index contributed by atoms with van der Waals surface area (Å²) in [5.41, 5.74) is 9.79. The molecule has 360 valence electrons. The van der Waals surface area contributed by atoms with E-state index >= 15 is 0 Å². The first kappa shape index (κ1) is 53.2. The fourth-order valence-corrected chi connectivity index (χ4v) is 8.59. The fourth-order valence-electron chi connectivity index (χ4n) is 7.48. The zero-order valence-electron chi connectivity index (χ0n) is 36.7. The maximum atomic E-state index is 14.5. The average molecular weight is 934 g/mol. The SMILES string of the molecule is CC(C)C[C@@H]1NC(=O)[C@H](CCCC(=O)O)NC(=O)C[S@@](=O)C[C@@H](C(N)=O)NC(=O)CCCCNC(=O)[C@H](CC(N)=O)NC(=O)C2(CCCCC2)NC(=O)[C@H](Cc2ccc(O)cc2)NC1=O. The molecule has 1 aromatic rings. The molecule has 0 aromatic heterocycles. The Bertz CT molecular complexity index is 1920. The highest BCUT2D eigenvalue weighted by molar-refractivity contribution is 7.85. The topological polar surface area (TPSA) is 364 Å². The third kappa shape index (κ3) is 18.5. The van der Waals surface area contributed by atoms with Gasteiger partial charge in [-0.25, -0.2) is 0 Å². The van der Waals surface area contributed by atoms with E-state index in [-0.39, 0.29) is 82.4 Å². The van der Waals surface area contributed by atoms with E-state index in [2.05, 4.69) is 37.2 Å². The van der Waals surface area contributed by atoms with Crippen molar-refractivity contribution < 1.29 is 62.4 Å². The Morgan fingerprint density at radius 3 is 2.03 bits per heavy atom. The lowest BCUT2D eigenvalue weighted by Crippen LogP contribution is -2.66. The number of amides is 9. The molecule has 23 heteroatoms. The number of carboxylic acids is 1. The minimum atomic E-state index is -2.12. The van der Waals surface area contributed by atoms with E-state index in [0.717, 1.165) is 6.42 Å². The molecule has 1 aliphatic heterocycles. The van der Waals surface area contributed by atoms with E-state index in [1.54, 1.807) is 13.8 Å². The molecule has 9 amide bonds. The molecule has 0 unspecified atom stereocenters. The van der Waals surface area contributed by atoms with Crippen LogP contribution in [0, 0.1) is 5.92 Å². The molecule has 1 aromatic carbocycles. The van der Waals surface area contributed by atoms with Crippen LogP contribution in [0.25, 0.3) is 0 Å². The fraction of sp³-hybridized carbons (Fsp3) is 0.619. The first-order valence-electron chi connectivity index (χ1n) is 21.7. The van der Waals surface area contributed by atoms with E-state index in [0.29, 0.717) is 18.4 Å². The Labute approximate surface area is 379 Å². The number of primary amides is 2. The first-order valence-corrected chi connectivity index (χ1v) is 23.2. The van der Waals surface area contributed by atoms with Gasteiger partial charge in [0.2, 0.25) is 53.2 Å². The van der Waals surface area contributed by atoms with Gasteiger partial charge in [-0.15, -0.1) is 0 Å². The van der Waals surface area contributed by atoms with Gasteiger partial charge in [-0.3, -0.25) is 52.2 Å². The Hall–Kier alpha value is -6.13. The minimum absolute atomic E-state index is 0.0113. The molecule has 3 rings (SSSR count). The third-order valence-corrected chi connectivity index (χ3v) is 12.2. The van der Waals surface area contributed by atoms with Crippen LogP contribution in [0.5, 0.6) is 5.75 Å². The number of carbonyl (C=O) groups is 10. The van der Waals surface area contributed by atoms with Crippen LogP contribution >= 0.6 is 0 Å². The van der Waals surface area contributed by atoms with Gasteiger partial charge in [-0.1, -0.05) is 45.2 Å². The summed E-state index contributed by atoms with van der Waals surface area (Å²) in [4.78, 5) is 132. The molecule has 0 bridgehead atoms. The molecule has 2 fully saturated rings. The second-order valence-electron chi connectivity index (χ2n) is 16.9. The summed E-state index contributed by atoms with van der Waals surface area (Å²) in [6.45, 7) is 3.51. The van der Waals surface area contributed by atoms with Crippen LogP contribution in [-0.4, -0.2) is 127 Å². The molecular weight excluding hydrogens is 871 g/mol. The maximum absolute atomic E-state index is 14.5. The molecule has 13 N–H and O–H groups in total. The van der Waals surface area contributed by atoms with Gasteiger partial charge in [0.05, 0.1) is 12.2 Å². The second kappa shape index (κ2) is 26.0. The smallest absolute Gasteiger partial charge is 0.303 e. The molecule has 0 radical (unpaired) electrons. The number of benzene rings is 1. The van der Waals surface area contributed by atoms with Gasteiger partial charge in [0.1, 0.15) is 47.3 Å². The van der Waals surface area contributed by atoms with Crippen molar-refractivity contribution in [2.24, 2.45) is 17.4 Å². The van der Waals surface area contributed by atoms with Crippen LogP contribution in [0.2, 0.25) is 0 Å². The van der Waals surface area contributed by atoms with E-state index in [1.165, 1.54) is 24.3 Å². The van der Waals surface area contributed by atoms with Crippen LogP contribution < -0.4 is 48.7 Å². The van der Waals surface area contributed by atoms with E-state index in [4.69, 9.17) is 11.5 Å². The Morgan fingerprint density at radius 2 is 1.42 bits per heavy atom. The summed E-state index contributed by atoms with van der Waals surface area (Å²) in [7, 11) is -2.12. The van der Waals surface area contributed by atoms with Crippen molar-refractivity contribution in [1.29, 1.82) is 0 Å². The zero-order valence-corrected chi connectivity index (χ0v) is 37.6. The largest absolute Gasteiger partial charge is 0.508 e. The van der Waals surface area contributed by atoms with Crippen LogP contribution in [0.1, 0.15) is 103 Å². The van der Waals surface area contributed by atoms with Crippen molar-refractivity contribution >= 4 is 69.9 Å². The predicted molar refractivity (Wildman–Crippen MR) is 234 cm³/mol. The number of nitrogens with two attached hydrogens (primary N) is 2. The number of aromatic hydroxyl groups is 1. The molecular formula is C42H63N9O13S. The molecule has 1 saturated carbocycles. The van der Waals surface area contributed by atoms with Gasteiger partial charge < -0.3 is 58.9 Å². The standard InChI is InChI=1S/C42H63N9O13S/c1-24(2)19-28-39(61)49-29(20-25-12-14-26(52)15-13-25)40(62)51-42(16-5-3-6-17-42)41(63)50-30(21-32(43)53)37(59)45-18-7-4-10-33(54)47-31(36(44)58)22-65(64)23-34(55)46-27(38(60)48-28)9-8-11-35(56)57/h12-15,24,27-31,52H,3-11,16-23H2,1-2H3,(H2,43,53)(H2,44,58)(H,45,59)(H,46,55)(H,47,54)(H,48,60)(H,49,61)(H,50,63)(H,51,62)(H,56,57)/t27-,28-,29-,30-,31-,65-/m0/s1. The summed E-state index contributed by atoms with van der Waals surface area (Å²) in [6.07, 6.45) is 0.765. The number of phenolic OH excluding ortho intramolecular Hbond substituents is 1. The molecule has 65 heavy (non-hydrogen) atoms. The van der Waals surface area contributed by atoms with Crippen LogP contribution in [0.4, 0.5) is 0 Å². The number of nitrogens with one attached hydrogen (secondary N) is 7. The summed E-state index contributed by atoms with van der Waals surface area (Å²) in [5.74, 6) is -10.4. The van der Waals surface area contributed by atoms with Crippen LogP contribution in [0.15, 0.2) is 24.3 Å². The van der Waals surface area contributed by atoms with Gasteiger partial charge in [-0.05, 0) is 68.6 Å². The number of rotatable bonds is 11. The Balaban J connectivity index is 2.07. The Morgan fingerprint density at radius 1 is 0.769 bits per heavy atom. The van der Waals surface area contributed by atoms with Crippen molar-refractivity contribution in [3.05, 3.63) is 29.8 Å². The normalized spacial score (nSPS) is 25.1. The lowest BCUT2D eigenvalue weighted by Gasteiger charge is -2.38. The van der Waals surface area contributed by atoms with Crippen molar-refractivity contribution in [2.45, 2.75) is 139 Å². The third-order valence-electron chi connectivity index (χ3n) is 10.9. The van der Waals surface area contributed by atoms with Gasteiger partial charge in [-0.2, -0.15) is 0 Å². The summed E-state index contributed by atoms with van der Waals surface area (Å²) < 4.78 is 13.1.